The monoisotopic (exact) mass is 247 g/mol. The molecule has 1 aliphatic rings. The first-order valence-corrected chi connectivity index (χ1v) is 5.99. The Balaban J connectivity index is 2.34. The lowest BCUT2D eigenvalue weighted by Crippen LogP contribution is -2.18. The number of rotatable bonds is 3. The summed E-state index contributed by atoms with van der Waals surface area (Å²) in [4.78, 5) is 11.7. The van der Waals surface area contributed by atoms with Gasteiger partial charge in [-0.15, -0.1) is 0 Å². The van der Waals surface area contributed by atoms with Crippen molar-refractivity contribution < 1.29 is 14.3 Å². The SMILES string of the molecule is CC(C)C(=O)/C(N)=C/c1cccc2c1OCCO2. The Bertz CT molecular complexity index is 492. The number of Topliss-reactive ketones (excluding diaryl/α,β-unsaturated/α-hetero) is 1. The van der Waals surface area contributed by atoms with Crippen molar-refractivity contribution in [1.29, 1.82) is 0 Å². The molecule has 4 heteroatoms. The molecule has 0 aliphatic carbocycles. The molecule has 1 aliphatic heterocycles. The molecular formula is C14H17NO3. The lowest BCUT2D eigenvalue weighted by atomic mass is 10.0. The van der Waals surface area contributed by atoms with E-state index in [1.165, 1.54) is 0 Å². The highest BCUT2D eigenvalue weighted by molar-refractivity contribution is 6.00. The molecule has 2 rings (SSSR count). The molecule has 18 heavy (non-hydrogen) atoms. The molecule has 0 saturated heterocycles. The summed E-state index contributed by atoms with van der Waals surface area (Å²) in [5.74, 6) is 1.17. The zero-order chi connectivity index (χ0) is 13.1. The van der Waals surface area contributed by atoms with Crippen LogP contribution in [0, 0.1) is 5.92 Å². The van der Waals surface area contributed by atoms with Gasteiger partial charge in [-0.25, -0.2) is 0 Å². The molecule has 4 nitrogen and oxygen atoms in total. The Kier molecular flexibility index (Phi) is 3.55. The van der Waals surface area contributed by atoms with Crippen molar-refractivity contribution in [2.45, 2.75) is 13.8 Å². The highest BCUT2D eigenvalue weighted by Crippen LogP contribution is 2.34. The van der Waals surface area contributed by atoms with Crippen molar-refractivity contribution in [2.75, 3.05) is 13.2 Å². The van der Waals surface area contributed by atoms with Crippen molar-refractivity contribution in [3.05, 3.63) is 29.5 Å². The number of benzene rings is 1. The predicted molar refractivity (Wildman–Crippen MR) is 69.4 cm³/mol. The number of carbonyl (C=O) groups excluding carboxylic acids is 1. The first-order valence-electron chi connectivity index (χ1n) is 5.99. The molecule has 0 atom stereocenters. The Hall–Kier alpha value is -1.97. The van der Waals surface area contributed by atoms with E-state index in [4.69, 9.17) is 15.2 Å². The summed E-state index contributed by atoms with van der Waals surface area (Å²) >= 11 is 0. The quantitative estimate of drug-likeness (QED) is 0.830. The van der Waals surface area contributed by atoms with E-state index < -0.39 is 0 Å². The zero-order valence-electron chi connectivity index (χ0n) is 10.6. The minimum Gasteiger partial charge on any atom is -0.486 e. The second kappa shape index (κ2) is 5.12. The molecule has 0 aromatic heterocycles. The van der Waals surface area contributed by atoms with E-state index >= 15 is 0 Å². The molecule has 0 bridgehead atoms. The van der Waals surface area contributed by atoms with Gasteiger partial charge in [-0.05, 0) is 12.1 Å². The number of hydrogen-bond acceptors (Lipinski definition) is 4. The van der Waals surface area contributed by atoms with Crippen LogP contribution in [-0.2, 0) is 4.79 Å². The van der Waals surface area contributed by atoms with E-state index in [-0.39, 0.29) is 17.4 Å². The summed E-state index contributed by atoms with van der Waals surface area (Å²) in [6.07, 6.45) is 1.65. The fourth-order valence-electron chi connectivity index (χ4n) is 1.78. The molecular weight excluding hydrogens is 230 g/mol. The Morgan fingerprint density at radius 2 is 2.06 bits per heavy atom. The number of ether oxygens (including phenoxy) is 2. The summed E-state index contributed by atoms with van der Waals surface area (Å²) in [5, 5.41) is 0. The van der Waals surface area contributed by atoms with Gasteiger partial charge in [0.1, 0.15) is 13.2 Å². The minimum atomic E-state index is -0.113. The third-order valence-electron chi connectivity index (χ3n) is 2.72. The van der Waals surface area contributed by atoms with Gasteiger partial charge in [-0.3, -0.25) is 4.79 Å². The maximum absolute atomic E-state index is 11.7. The maximum atomic E-state index is 11.7. The van der Waals surface area contributed by atoms with Gasteiger partial charge >= 0.3 is 0 Å². The molecule has 0 radical (unpaired) electrons. The van der Waals surface area contributed by atoms with Gasteiger partial charge in [-0.1, -0.05) is 26.0 Å². The maximum Gasteiger partial charge on any atom is 0.180 e. The van der Waals surface area contributed by atoms with Crippen molar-refractivity contribution >= 4 is 11.9 Å². The number of allylic oxidation sites excluding steroid dienone is 1. The van der Waals surface area contributed by atoms with Gasteiger partial charge in [0.25, 0.3) is 0 Å². The lowest BCUT2D eigenvalue weighted by Gasteiger charge is -2.20. The molecule has 0 unspecified atom stereocenters. The largest absolute Gasteiger partial charge is 0.486 e. The fraction of sp³-hybridized carbons (Fsp3) is 0.357. The van der Waals surface area contributed by atoms with Gasteiger partial charge < -0.3 is 15.2 Å². The highest BCUT2D eigenvalue weighted by atomic mass is 16.6. The van der Waals surface area contributed by atoms with Crippen molar-refractivity contribution in [2.24, 2.45) is 11.7 Å². The molecule has 0 amide bonds. The fourth-order valence-corrected chi connectivity index (χ4v) is 1.78. The second-order valence-electron chi connectivity index (χ2n) is 4.49. The van der Waals surface area contributed by atoms with Crippen LogP contribution >= 0.6 is 0 Å². The van der Waals surface area contributed by atoms with Crippen LogP contribution in [0.1, 0.15) is 19.4 Å². The lowest BCUT2D eigenvalue weighted by molar-refractivity contribution is -0.118. The van der Waals surface area contributed by atoms with Gasteiger partial charge in [0.2, 0.25) is 0 Å². The summed E-state index contributed by atoms with van der Waals surface area (Å²) in [6.45, 7) is 4.70. The minimum absolute atomic E-state index is 0.0654. The van der Waals surface area contributed by atoms with Gasteiger partial charge in [0.15, 0.2) is 17.3 Å². The molecule has 96 valence electrons. The Morgan fingerprint density at radius 3 is 2.78 bits per heavy atom. The van der Waals surface area contributed by atoms with Gasteiger partial charge in [-0.2, -0.15) is 0 Å². The normalized spacial score (nSPS) is 14.7. The van der Waals surface area contributed by atoms with Crippen molar-refractivity contribution in [3.8, 4) is 11.5 Å². The summed E-state index contributed by atoms with van der Waals surface area (Å²) < 4.78 is 11.0. The van der Waals surface area contributed by atoms with Crippen LogP contribution in [-0.4, -0.2) is 19.0 Å². The number of fused-ring (bicyclic) bond motifs is 1. The van der Waals surface area contributed by atoms with Crippen LogP contribution in [0.3, 0.4) is 0 Å². The number of nitrogens with two attached hydrogens (primary N) is 1. The molecule has 1 heterocycles. The number of hydrogen-bond donors (Lipinski definition) is 1. The average Bonchev–Trinajstić information content (AvgIpc) is 2.38. The first-order chi connectivity index (χ1) is 8.59. The molecule has 0 spiro atoms. The van der Waals surface area contributed by atoms with Gasteiger partial charge in [0, 0.05) is 11.5 Å². The van der Waals surface area contributed by atoms with Crippen LogP contribution in [0.2, 0.25) is 0 Å². The number of carbonyl (C=O) groups is 1. The highest BCUT2D eigenvalue weighted by Gasteiger charge is 2.16. The molecule has 0 saturated carbocycles. The Labute approximate surface area is 106 Å². The third kappa shape index (κ3) is 2.47. The Morgan fingerprint density at radius 1 is 1.33 bits per heavy atom. The molecule has 1 aromatic carbocycles. The van der Waals surface area contributed by atoms with Crippen LogP contribution in [0.5, 0.6) is 11.5 Å². The first kappa shape index (κ1) is 12.5. The second-order valence-corrected chi connectivity index (χ2v) is 4.49. The molecule has 0 fully saturated rings. The summed E-state index contributed by atoms with van der Waals surface area (Å²) in [6, 6.07) is 5.55. The summed E-state index contributed by atoms with van der Waals surface area (Å²) in [7, 11) is 0. The number of ketones is 1. The van der Waals surface area contributed by atoms with E-state index in [1.54, 1.807) is 6.08 Å². The smallest absolute Gasteiger partial charge is 0.180 e. The third-order valence-corrected chi connectivity index (χ3v) is 2.72. The van der Waals surface area contributed by atoms with Crippen molar-refractivity contribution in [1.82, 2.24) is 0 Å². The topological polar surface area (TPSA) is 61.6 Å². The number of para-hydroxylation sites is 1. The standard InChI is InChI=1S/C14H17NO3/c1-9(2)13(16)11(15)8-10-4-3-5-12-14(10)18-7-6-17-12/h3-5,8-9H,6-7,15H2,1-2H3/b11-8-. The van der Waals surface area contributed by atoms with Crippen molar-refractivity contribution in [3.63, 3.8) is 0 Å². The zero-order valence-corrected chi connectivity index (χ0v) is 10.6. The van der Waals surface area contributed by atoms with E-state index in [0.29, 0.717) is 24.7 Å². The predicted octanol–water partition coefficient (Wildman–Crippen LogP) is 1.98. The van der Waals surface area contributed by atoms with E-state index in [1.807, 2.05) is 32.0 Å². The van der Waals surface area contributed by atoms with Crippen LogP contribution < -0.4 is 15.2 Å². The van der Waals surface area contributed by atoms with E-state index in [2.05, 4.69) is 0 Å². The van der Waals surface area contributed by atoms with Crippen LogP contribution in [0.15, 0.2) is 23.9 Å². The molecule has 2 N–H and O–H groups in total. The molecule has 1 aromatic rings. The summed E-state index contributed by atoms with van der Waals surface area (Å²) in [5.41, 5.74) is 6.82. The van der Waals surface area contributed by atoms with Crippen LogP contribution in [0.4, 0.5) is 0 Å². The van der Waals surface area contributed by atoms with E-state index in [0.717, 1.165) is 5.56 Å². The average molecular weight is 247 g/mol. The van der Waals surface area contributed by atoms with Crippen LogP contribution in [0.25, 0.3) is 6.08 Å². The van der Waals surface area contributed by atoms with E-state index in [9.17, 15) is 4.79 Å². The van der Waals surface area contributed by atoms with Gasteiger partial charge in [0.05, 0.1) is 5.70 Å².